The van der Waals surface area contributed by atoms with Crippen molar-refractivity contribution in [1.82, 2.24) is 19.7 Å². The molecule has 0 spiro atoms. The van der Waals surface area contributed by atoms with Gasteiger partial charge < -0.3 is 5.32 Å². The van der Waals surface area contributed by atoms with Crippen LogP contribution in [-0.2, 0) is 0 Å². The Bertz CT molecular complexity index is 1110. The number of nitrogens with one attached hydrogen (secondary N) is 1. The summed E-state index contributed by atoms with van der Waals surface area (Å²) < 4.78 is 1.85. The van der Waals surface area contributed by atoms with Crippen LogP contribution in [0.25, 0.3) is 16.9 Å². The Hall–Kier alpha value is -3.21. The molecule has 2 heterocycles. The lowest BCUT2D eigenvalue weighted by molar-refractivity contribution is 0.808. The molecule has 26 heavy (non-hydrogen) atoms. The van der Waals surface area contributed by atoms with E-state index in [1.54, 1.807) is 0 Å². The van der Waals surface area contributed by atoms with Gasteiger partial charge in [-0.2, -0.15) is 5.10 Å². The Balaban J connectivity index is 1.92. The molecule has 0 aliphatic carbocycles. The van der Waals surface area contributed by atoms with Crippen LogP contribution in [0, 0.1) is 27.7 Å². The Morgan fingerprint density at radius 2 is 1.62 bits per heavy atom. The fraction of sp³-hybridized carbons (Fsp3) is 0.190. The van der Waals surface area contributed by atoms with Gasteiger partial charge in [0.05, 0.1) is 16.7 Å². The van der Waals surface area contributed by atoms with Crippen molar-refractivity contribution in [2.24, 2.45) is 0 Å². The molecule has 0 amide bonds. The summed E-state index contributed by atoms with van der Waals surface area (Å²) in [6, 6.07) is 16.4. The second-order valence-corrected chi connectivity index (χ2v) is 6.72. The number of rotatable bonds is 3. The number of anilines is 2. The fourth-order valence-corrected chi connectivity index (χ4v) is 3.09. The molecule has 0 aliphatic heterocycles. The quantitative estimate of drug-likeness (QED) is 0.581. The van der Waals surface area contributed by atoms with E-state index < -0.39 is 0 Å². The average molecular weight is 343 g/mol. The Morgan fingerprint density at radius 3 is 2.35 bits per heavy atom. The van der Waals surface area contributed by atoms with Crippen molar-refractivity contribution in [2.75, 3.05) is 5.32 Å². The zero-order valence-corrected chi connectivity index (χ0v) is 15.4. The lowest BCUT2D eigenvalue weighted by atomic mass is 10.2. The minimum atomic E-state index is 0.693. The molecule has 1 N–H and O–H groups in total. The molecular formula is C21H21N5. The van der Waals surface area contributed by atoms with E-state index in [1.165, 1.54) is 5.56 Å². The third-order valence-corrected chi connectivity index (χ3v) is 4.29. The molecule has 5 heteroatoms. The van der Waals surface area contributed by atoms with Gasteiger partial charge in [-0.15, -0.1) is 0 Å². The SMILES string of the molecule is Cc1cccc(Nc2nc3ccc(C)cc3nc2-n2nc(C)cc2C)c1. The number of hydrogen-bond acceptors (Lipinski definition) is 4. The fourth-order valence-electron chi connectivity index (χ4n) is 3.09. The van der Waals surface area contributed by atoms with Crippen LogP contribution >= 0.6 is 0 Å². The topological polar surface area (TPSA) is 55.6 Å². The molecule has 0 atom stereocenters. The summed E-state index contributed by atoms with van der Waals surface area (Å²) in [4.78, 5) is 9.71. The number of fused-ring (bicyclic) bond motifs is 1. The van der Waals surface area contributed by atoms with Gasteiger partial charge >= 0.3 is 0 Å². The second kappa shape index (κ2) is 6.26. The van der Waals surface area contributed by atoms with E-state index in [4.69, 9.17) is 9.97 Å². The molecule has 4 rings (SSSR count). The Morgan fingerprint density at radius 1 is 0.808 bits per heavy atom. The molecule has 5 nitrogen and oxygen atoms in total. The molecule has 0 fully saturated rings. The summed E-state index contributed by atoms with van der Waals surface area (Å²) in [6.45, 7) is 8.14. The molecule has 4 aromatic rings. The highest BCUT2D eigenvalue weighted by Gasteiger charge is 2.15. The first kappa shape index (κ1) is 16.3. The largest absolute Gasteiger partial charge is 0.337 e. The number of aryl methyl sites for hydroxylation is 4. The summed E-state index contributed by atoms with van der Waals surface area (Å²) in [7, 11) is 0. The van der Waals surface area contributed by atoms with Crippen molar-refractivity contribution in [3.05, 3.63) is 71.0 Å². The van der Waals surface area contributed by atoms with E-state index >= 15 is 0 Å². The highest BCUT2D eigenvalue weighted by Crippen LogP contribution is 2.25. The molecule has 0 saturated carbocycles. The smallest absolute Gasteiger partial charge is 0.197 e. The van der Waals surface area contributed by atoms with Crippen LogP contribution in [0.3, 0.4) is 0 Å². The summed E-state index contributed by atoms with van der Waals surface area (Å²) in [5.41, 5.74) is 7.02. The lowest BCUT2D eigenvalue weighted by Crippen LogP contribution is -2.08. The van der Waals surface area contributed by atoms with Gasteiger partial charge in [0.25, 0.3) is 0 Å². The number of aromatic nitrogens is 4. The van der Waals surface area contributed by atoms with E-state index in [1.807, 2.05) is 48.9 Å². The number of benzene rings is 2. The van der Waals surface area contributed by atoms with Crippen molar-refractivity contribution in [3.8, 4) is 5.82 Å². The van der Waals surface area contributed by atoms with E-state index in [0.717, 1.165) is 33.7 Å². The molecular weight excluding hydrogens is 322 g/mol. The van der Waals surface area contributed by atoms with Crippen molar-refractivity contribution < 1.29 is 0 Å². The third-order valence-electron chi connectivity index (χ3n) is 4.29. The summed E-state index contributed by atoms with van der Waals surface area (Å²) >= 11 is 0. The van der Waals surface area contributed by atoms with Crippen LogP contribution in [-0.4, -0.2) is 19.7 Å². The maximum atomic E-state index is 4.87. The number of nitrogens with zero attached hydrogens (tertiary/aromatic N) is 4. The molecule has 0 aliphatic rings. The zero-order chi connectivity index (χ0) is 18.3. The van der Waals surface area contributed by atoms with Crippen molar-refractivity contribution in [3.63, 3.8) is 0 Å². The van der Waals surface area contributed by atoms with Gasteiger partial charge in [0.15, 0.2) is 11.6 Å². The molecule has 130 valence electrons. The van der Waals surface area contributed by atoms with Gasteiger partial charge in [0.1, 0.15) is 0 Å². The van der Waals surface area contributed by atoms with Crippen LogP contribution in [0.2, 0.25) is 0 Å². The molecule has 2 aromatic carbocycles. The maximum absolute atomic E-state index is 4.87. The first-order valence-corrected chi connectivity index (χ1v) is 8.65. The first-order chi connectivity index (χ1) is 12.5. The van der Waals surface area contributed by atoms with Crippen LogP contribution in [0.4, 0.5) is 11.5 Å². The van der Waals surface area contributed by atoms with E-state index in [0.29, 0.717) is 11.6 Å². The van der Waals surface area contributed by atoms with Gasteiger partial charge in [-0.3, -0.25) is 0 Å². The van der Waals surface area contributed by atoms with Crippen LogP contribution in [0.1, 0.15) is 22.5 Å². The average Bonchev–Trinajstić information content (AvgIpc) is 2.93. The van der Waals surface area contributed by atoms with Gasteiger partial charge in [-0.1, -0.05) is 18.2 Å². The molecule has 0 unspecified atom stereocenters. The molecule has 0 bridgehead atoms. The van der Waals surface area contributed by atoms with Crippen molar-refractivity contribution in [1.29, 1.82) is 0 Å². The highest BCUT2D eigenvalue weighted by atomic mass is 15.3. The molecule has 0 saturated heterocycles. The number of hydrogen-bond donors (Lipinski definition) is 1. The predicted molar refractivity (Wildman–Crippen MR) is 105 cm³/mol. The standard InChI is InChI=1S/C21H21N5/c1-13-6-5-7-17(10-13)22-20-21(26-16(4)12-15(3)25-26)24-19-11-14(2)8-9-18(19)23-20/h5-12H,1-4H3,(H,22,23). The Kier molecular flexibility index (Phi) is 3.92. The van der Waals surface area contributed by atoms with Crippen LogP contribution in [0.15, 0.2) is 48.5 Å². The minimum Gasteiger partial charge on any atom is -0.337 e. The highest BCUT2D eigenvalue weighted by molar-refractivity contribution is 5.80. The first-order valence-electron chi connectivity index (χ1n) is 8.65. The van der Waals surface area contributed by atoms with Gasteiger partial charge in [0.2, 0.25) is 0 Å². The predicted octanol–water partition coefficient (Wildman–Crippen LogP) is 4.79. The normalized spacial score (nSPS) is 11.1. The van der Waals surface area contributed by atoms with E-state index in [9.17, 15) is 0 Å². The van der Waals surface area contributed by atoms with Gasteiger partial charge in [-0.25, -0.2) is 14.6 Å². The lowest BCUT2D eigenvalue weighted by Gasteiger charge is -2.13. The van der Waals surface area contributed by atoms with Crippen LogP contribution < -0.4 is 5.32 Å². The minimum absolute atomic E-state index is 0.693. The van der Waals surface area contributed by atoms with E-state index in [-0.39, 0.29) is 0 Å². The second-order valence-electron chi connectivity index (χ2n) is 6.72. The monoisotopic (exact) mass is 343 g/mol. The van der Waals surface area contributed by atoms with Crippen molar-refractivity contribution >= 4 is 22.5 Å². The van der Waals surface area contributed by atoms with Gasteiger partial charge in [-0.05, 0) is 69.2 Å². The van der Waals surface area contributed by atoms with Crippen LogP contribution in [0.5, 0.6) is 0 Å². The van der Waals surface area contributed by atoms with Gasteiger partial charge in [0, 0.05) is 11.4 Å². The molecule has 2 aromatic heterocycles. The Labute approximate surface area is 152 Å². The summed E-state index contributed by atoms with van der Waals surface area (Å²) in [6.07, 6.45) is 0. The zero-order valence-electron chi connectivity index (χ0n) is 15.4. The maximum Gasteiger partial charge on any atom is 0.197 e. The summed E-state index contributed by atoms with van der Waals surface area (Å²) in [5, 5.41) is 8.02. The third kappa shape index (κ3) is 3.04. The van der Waals surface area contributed by atoms with Crippen molar-refractivity contribution in [2.45, 2.75) is 27.7 Å². The van der Waals surface area contributed by atoms with E-state index in [2.05, 4.69) is 42.5 Å². The molecule has 0 radical (unpaired) electrons. The summed E-state index contributed by atoms with van der Waals surface area (Å²) in [5.74, 6) is 1.40.